The smallest absolute Gasteiger partial charge is 0.268 e. The molecule has 29 heavy (non-hydrogen) atoms. The Hall–Kier alpha value is -3.78. The van der Waals surface area contributed by atoms with Gasteiger partial charge < -0.3 is 9.47 Å². The van der Waals surface area contributed by atoms with E-state index in [1.807, 2.05) is 60.7 Å². The van der Waals surface area contributed by atoms with E-state index in [0.29, 0.717) is 0 Å². The number of hydrogen-bond donors (Lipinski definition) is 0. The Labute approximate surface area is 170 Å². The molecule has 2 nitrogen and oxygen atoms in total. The van der Waals surface area contributed by atoms with Gasteiger partial charge >= 0.3 is 0 Å². The number of fused-ring (bicyclic) bond motifs is 3. The first kappa shape index (κ1) is 17.3. The highest BCUT2D eigenvalue weighted by molar-refractivity contribution is 6.09. The van der Waals surface area contributed by atoms with Crippen molar-refractivity contribution in [2.45, 2.75) is 6.29 Å². The van der Waals surface area contributed by atoms with Crippen LogP contribution in [0.4, 0.5) is 0 Å². The minimum Gasteiger partial charge on any atom is -0.451 e. The molecule has 5 rings (SSSR count). The Bertz CT molecular complexity index is 1210. The van der Waals surface area contributed by atoms with Crippen molar-refractivity contribution in [2.75, 3.05) is 0 Å². The fourth-order valence-electron chi connectivity index (χ4n) is 3.67. The fraction of sp³-hybridized carbons (Fsp3) is 0.0370. The maximum absolute atomic E-state index is 6.34. The van der Waals surface area contributed by atoms with Crippen LogP contribution in [0, 0.1) is 0 Å². The fourth-order valence-corrected chi connectivity index (χ4v) is 3.67. The summed E-state index contributed by atoms with van der Waals surface area (Å²) in [6.45, 7) is 0. The van der Waals surface area contributed by atoms with Crippen molar-refractivity contribution in [3.63, 3.8) is 0 Å². The number of ether oxygens (including phenoxy) is 2. The highest BCUT2D eigenvalue weighted by atomic mass is 16.7. The van der Waals surface area contributed by atoms with Crippen LogP contribution in [0.5, 0.6) is 11.5 Å². The van der Waals surface area contributed by atoms with E-state index in [2.05, 4.69) is 54.6 Å². The first-order chi connectivity index (χ1) is 14.4. The summed E-state index contributed by atoms with van der Waals surface area (Å²) in [7, 11) is 0. The van der Waals surface area contributed by atoms with Gasteiger partial charge in [0.25, 0.3) is 6.29 Å². The topological polar surface area (TPSA) is 18.5 Å². The zero-order valence-corrected chi connectivity index (χ0v) is 15.9. The SMILES string of the molecule is c1ccc(OC(Oc2ccccc2)c2cc3ccccc3c3ccccc23)cc1. The molecule has 0 N–H and O–H groups in total. The third-order valence-corrected chi connectivity index (χ3v) is 5.03. The molecule has 2 heteroatoms. The third kappa shape index (κ3) is 3.53. The van der Waals surface area contributed by atoms with Gasteiger partial charge in [-0.15, -0.1) is 0 Å². The van der Waals surface area contributed by atoms with Crippen LogP contribution in [0.15, 0.2) is 115 Å². The van der Waals surface area contributed by atoms with Gasteiger partial charge in [-0.25, -0.2) is 0 Å². The van der Waals surface area contributed by atoms with Crippen LogP contribution < -0.4 is 9.47 Å². The Morgan fingerprint density at radius 3 is 1.55 bits per heavy atom. The Morgan fingerprint density at radius 1 is 0.448 bits per heavy atom. The number of benzene rings is 5. The highest BCUT2D eigenvalue weighted by Crippen LogP contribution is 2.35. The number of para-hydroxylation sites is 2. The molecule has 0 fully saturated rings. The molecular formula is C27H20O2. The molecule has 0 aliphatic carbocycles. The molecule has 0 saturated carbocycles. The monoisotopic (exact) mass is 376 g/mol. The van der Waals surface area contributed by atoms with Crippen molar-refractivity contribution in [2.24, 2.45) is 0 Å². The van der Waals surface area contributed by atoms with Crippen LogP contribution in [-0.2, 0) is 0 Å². The van der Waals surface area contributed by atoms with Crippen molar-refractivity contribution >= 4 is 21.5 Å². The number of rotatable bonds is 5. The average molecular weight is 376 g/mol. The van der Waals surface area contributed by atoms with E-state index in [-0.39, 0.29) is 0 Å². The van der Waals surface area contributed by atoms with E-state index < -0.39 is 6.29 Å². The summed E-state index contributed by atoms with van der Waals surface area (Å²) in [5.41, 5.74) is 1.01. The van der Waals surface area contributed by atoms with Crippen molar-refractivity contribution in [3.8, 4) is 11.5 Å². The summed E-state index contributed by atoms with van der Waals surface area (Å²) in [6, 6.07) is 38.6. The van der Waals surface area contributed by atoms with Crippen LogP contribution in [0.3, 0.4) is 0 Å². The van der Waals surface area contributed by atoms with E-state index >= 15 is 0 Å². The Balaban J connectivity index is 1.69. The van der Waals surface area contributed by atoms with E-state index in [0.717, 1.165) is 22.4 Å². The predicted molar refractivity (Wildman–Crippen MR) is 118 cm³/mol. The molecular weight excluding hydrogens is 356 g/mol. The zero-order valence-electron chi connectivity index (χ0n) is 15.9. The van der Waals surface area contributed by atoms with Gasteiger partial charge in [-0.05, 0) is 51.9 Å². The van der Waals surface area contributed by atoms with Crippen LogP contribution in [0.25, 0.3) is 21.5 Å². The van der Waals surface area contributed by atoms with E-state index in [1.165, 1.54) is 16.2 Å². The second-order valence-electron chi connectivity index (χ2n) is 6.93. The minimum atomic E-state index is -0.575. The Kier molecular flexibility index (Phi) is 4.59. The van der Waals surface area contributed by atoms with E-state index in [1.54, 1.807) is 0 Å². The summed E-state index contributed by atoms with van der Waals surface area (Å²) in [6.07, 6.45) is -0.575. The summed E-state index contributed by atoms with van der Waals surface area (Å²) < 4.78 is 12.7. The summed E-state index contributed by atoms with van der Waals surface area (Å²) >= 11 is 0. The van der Waals surface area contributed by atoms with Crippen molar-refractivity contribution in [1.29, 1.82) is 0 Å². The molecule has 5 aromatic rings. The van der Waals surface area contributed by atoms with E-state index in [4.69, 9.17) is 9.47 Å². The zero-order chi connectivity index (χ0) is 19.5. The summed E-state index contributed by atoms with van der Waals surface area (Å²) in [5, 5.41) is 4.71. The highest BCUT2D eigenvalue weighted by Gasteiger charge is 2.20. The summed E-state index contributed by atoms with van der Waals surface area (Å²) in [4.78, 5) is 0. The quantitative estimate of drug-likeness (QED) is 0.239. The van der Waals surface area contributed by atoms with E-state index in [9.17, 15) is 0 Å². The molecule has 0 spiro atoms. The second kappa shape index (κ2) is 7.69. The van der Waals surface area contributed by atoms with Crippen molar-refractivity contribution in [1.82, 2.24) is 0 Å². The first-order valence-electron chi connectivity index (χ1n) is 9.72. The molecule has 0 bridgehead atoms. The average Bonchev–Trinajstić information content (AvgIpc) is 2.79. The van der Waals surface area contributed by atoms with Gasteiger partial charge in [0.2, 0.25) is 0 Å². The lowest BCUT2D eigenvalue weighted by Crippen LogP contribution is -2.15. The van der Waals surface area contributed by atoms with Crippen LogP contribution in [0.2, 0.25) is 0 Å². The lowest BCUT2D eigenvalue weighted by atomic mass is 9.97. The van der Waals surface area contributed by atoms with Gasteiger partial charge in [0.05, 0.1) is 0 Å². The van der Waals surface area contributed by atoms with Crippen LogP contribution in [-0.4, -0.2) is 0 Å². The van der Waals surface area contributed by atoms with Gasteiger partial charge in [0.15, 0.2) is 0 Å². The maximum atomic E-state index is 6.34. The van der Waals surface area contributed by atoms with Gasteiger partial charge in [0, 0.05) is 5.56 Å². The lowest BCUT2D eigenvalue weighted by molar-refractivity contribution is 0.00511. The molecule has 0 heterocycles. The normalized spacial score (nSPS) is 11.1. The van der Waals surface area contributed by atoms with Crippen molar-refractivity contribution < 1.29 is 9.47 Å². The summed E-state index contributed by atoms with van der Waals surface area (Å²) in [5.74, 6) is 1.54. The van der Waals surface area contributed by atoms with Crippen LogP contribution >= 0.6 is 0 Å². The lowest BCUT2D eigenvalue weighted by Gasteiger charge is -2.23. The van der Waals surface area contributed by atoms with Crippen molar-refractivity contribution in [3.05, 3.63) is 121 Å². The Morgan fingerprint density at radius 2 is 0.931 bits per heavy atom. The molecule has 140 valence electrons. The molecule has 0 aromatic heterocycles. The van der Waals surface area contributed by atoms with Gasteiger partial charge in [-0.2, -0.15) is 0 Å². The minimum absolute atomic E-state index is 0.575. The molecule has 0 unspecified atom stereocenters. The molecule has 0 atom stereocenters. The largest absolute Gasteiger partial charge is 0.451 e. The molecule has 0 saturated heterocycles. The first-order valence-corrected chi connectivity index (χ1v) is 9.72. The standard InChI is InChI=1S/C27H20O2/c1-3-12-21(13-4-1)28-27(29-22-14-5-2-6-15-22)26-19-20-11-7-8-16-23(20)24-17-9-10-18-25(24)26/h1-19,27H. The van der Waals surface area contributed by atoms with Gasteiger partial charge in [-0.1, -0.05) is 84.9 Å². The van der Waals surface area contributed by atoms with Gasteiger partial charge in [-0.3, -0.25) is 0 Å². The van der Waals surface area contributed by atoms with Gasteiger partial charge in [0.1, 0.15) is 11.5 Å². The molecule has 0 aliphatic heterocycles. The molecule has 5 aromatic carbocycles. The van der Waals surface area contributed by atoms with Crippen LogP contribution in [0.1, 0.15) is 11.9 Å². The molecule has 0 aliphatic rings. The third-order valence-electron chi connectivity index (χ3n) is 5.03. The molecule has 0 radical (unpaired) electrons. The molecule has 0 amide bonds. The maximum Gasteiger partial charge on any atom is 0.268 e. The second-order valence-corrected chi connectivity index (χ2v) is 6.93. The number of hydrogen-bond acceptors (Lipinski definition) is 2. The predicted octanol–water partition coefficient (Wildman–Crippen LogP) is 7.15.